The van der Waals surface area contributed by atoms with E-state index in [9.17, 15) is 4.79 Å². The highest BCUT2D eigenvalue weighted by atomic mass is 32.2. The fourth-order valence-electron chi connectivity index (χ4n) is 1.78. The summed E-state index contributed by atoms with van der Waals surface area (Å²) < 4.78 is 0. The monoisotopic (exact) mass is 216 g/mol. The van der Waals surface area contributed by atoms with Crippen LogP contribution in [0.5, 0.6) is 0 Å². The van der Waals surface area contributed by atoms with Crippen molar-refractivity contribution in [1.29, 1.82) is 0 Å². The zero-order valence-corrected chi connectivity index (χ0v) is 9.77. The van der Waals surface area contributed by atoms with Crippen LogP contribution < -0.4 is 11.1 Å². The summed E-state index contributed by atoms with van der Waals surface area (Å²) in [6, 6.07) is 0.592. The van der Waals surface area contributed by atoms with E-state index >= 15 is 0 Å². The van der Waals surface area contributed by atoms with Crippen molar-refractivity contribution in [1.82, 2.24) is 5.32 Å². The van der Waals surface area contributed by atoms with Gasteiger partial charge < -0.3 is 11.1 Å². The number of nitrogens with one attached hydrogen (secondary N) is 1. The predicted molar refractivity (Wildman–Crippen MR) is 61.3 cm³/mol. The molecule has 3 N–H and O–H groups in total. The minimum absolute atomic E-state index is 0.0525. The molecule has 0 aromatic rings. The largest absolute Gasteiger partial charge is 0.369 e. The zero-order valence-electron chi connectivity index (χ0n) is 8.95. The van der Waals surface area contributed by atoms with Crippen molar-refractivity contribution in [2.24, 2.45) is 11.7 Å². The van der Waals surface area contributed by atoms with Crippen LogP contribution in [-0.4, -0.2) is 30.0 Å². The molecule has 0 radical (unpaired) electrons. The summed E-state index contributed by atoms with van der Waals surface area (Å²) in [6.07, 6.45) is 5.92. The van der Waals surface area contributed by atoms with Crippen LogP contribution in [0.25, 0.3) is 0 Å². The lowest BCUT2D eigenvalue weighted by Crippen LogP contribution is -2.36. The number of carbonyl (C=O) groups excluding carboxylic acids is 1. The second-order valence-electron chi connectivity index (χ2n) is 4.08. The Morgan fingerprint density at radius 3 is 2.86 bits per heavy atom. The molecule has 82 valence electrons. The molecule has 3 unspecified atom stereocenters. The van der Waals surface area contributed by atoms with Crippen LogP contribution in [0.1, 0.15) is 26.2 Å². The second kappa shape index (κ2) is 5.61. The van der Waals surface area contributed by atoms with Crippen LogP contribution in [0.3, 0.4) is 0 Å². The van der Waals surface area contributed by atoms with Crippen LogP contribution in [0.4, 0.5) is 0 Å². The minimum Gasteiger partial charge on any atom is -0.369 e. The number of thioether (sulfide) groups is 1. The first-order valence-electron chi connectivity index (χ1n) is 5.19. The maximum Gasteiger partial charge on any atom is 0.221 e. The normalized spacial score (nSPS) is 29.0. The third-order valence-electron chi connectivity index (χ3n) is 2.92. The zero-order chi connectivity index (χ0) is 10.6. The molecule has 14 heavy (non-hydrogen) atoms. The number of hydrogen-bond acceptors (Lipinski definition) is 3. The van der Waals surface area contributed by atoms with E-state index in [0.717, 1.165) is 11.8 Å². The molecule has 1 saturated carbocycles. The molecular weight excluding hydrogens is 196 g/mol. The van der Waals surface area contributed by atoms with Crippen molar-refractivity contribution in [3.8, 4) is 0 Å². The molecule has 3 nitrogen and oxygen atoms in total. The Balaban J connectivity index is 2.17. The molecule has 0 heterocycles. The molecule has 0 aromatic heterocycles. The van der Waals surface area contributed by atoms with E-state index in [1.165, 1.54) is 19.3 Å². The molecule has 0 aromatic carbocycles. The highest BCUT2D eigenvalue weighted by molar-refractivity contribution is 7.99. The number of carbonyl (C=O) groups is 1. The van der Waals surface area contributed by atoms with Gasteiger partial charge in [0.05, 0.1) is 0 Å². The summed E-state index contributed by atoms with van der Waals surface area (Å²) >= 11 is 1.95. The third-order valence-corrected chi connectivity index (χ3v) is 4.01. The van der Waals surface area contributed by atoms with Gasteiger partial charge in [-0.25, -0.2) is 0 Å². The molecule has 0 bridgehead atoms. The molecule has 1 aliphatic carbocycles. The minimum atomic E-state index is -0.211. The Morgan fingerprint density at radius 2 is 2.36 bits per heavy atom. The first-order valence-corrected chi connectivity index (χ1v) is 6.47. The van der Waals surface area contributed by atoms with Gasteiger partial charge in [-0.15, -0.1) is 0 Å². The average Bonchev–Trinajstić information content (AvgIpc) is 2.61. The lowest BCUT2D eigenvalue weighted by molar-refractivity contribution is -0.121. The van der Waals surface area contributed by atoms with Gasteiger partial charge in [0.1, 0.15) is 0 Å². The molecule has 1 fully saturated rings. The van der Waals surface area contributed by atoms with E-state index in [-0.39, 0.29) is 11.8 Å². The Bertz CT molecular complexity index is 199. The van der Waals surface area contributed by atoms with E-state index in [0.29, 0.717) is 6.04 Å². The lowest BCUT2D eigenvalue weighted by atomic mass is 10.1. The van der Waals surface area contributed by atoms with Gasteiger partial charge in [0.15, 0.2) is 0 Å². The van der Waals surface area contributed by atoms with Gasteiger partial charge in [0.25, 0.3) is 0 Å². The second-order valence-corrected chi connectivity index (χ2v) is 5.22. The Kier molecular flexibility index (Phi) is 4.75. The van der Waals surface area contributed by atoms with E-state index in [4.69, 9.17) is 5.73 Å². The van der Waals surface area contributed by atoms with Gasteiger partial charge in [-0.1, -0.05) is 6.92 Å². The van der Waals surface area contributed by atoms with Crippen molar-refractivity contribution in [2.45, 2.75) is 37.5 Å². The van der Waals surface area contributed by atoms with Crippen LogP contribution in [0, 0.1) is 5.92 Å². The van der Waals surface area contributed by atoms with Crippen LogP contribution >= 0.6 is 11.8 Å². The Hall–Kier alpha value is -0.220. The third kappa shape index (κ3) is 3.50. The fraction of sp³-hybridized carbons (Fsp3) is 0.900. The first kappa shape index (κ1) is 11.9. The smallest absolute Gasteiger partial charge is 0.221 e. The Morgan fingerprint density at radius 1 is 1.64 bits per heavy atom. The highest BCUT2D eigenvalue weighted by Gasteiger charge is 2.24. The number of rotatable bonds is 5. The lowest BCUT2D eigenvalue weighted by Gasteiger charge is -2.15. The van der Waals surface area contributed by atoms with Crippen molar-refractivity contribution in [3.63, 3.8) is 0 Å². The van der Waals surface area contributed by atoms with Crippen LogP contribution in [0.15, 0.2) is 0 Å². The van der Waals surface area contributed by atoms with E-state index in [1.54, 1.807) is 0 Å². The quantitative estimate of drug-likeness (QED) is 0.720. The first-order chi connectivity index (χ1) is 6.63. The van der Waals surface area contributed by atoms with Crippen LogP contribution in [-0.2, 0) is 4.79 Å². The fourth-order valence-corrected chi connectivity index (χ4v) is 2.58. The molecule has 0 spiro atoms. The van der Waals surface area contributed by atoms with Crippen LogP contribution in [0.2, 0.25) is 0 Å². The standard InChI is InChI=1S/C10H20N2OS/c1-7(10(11)13)6-12-8-3-4-9(5-8)14-2/h7-9,12H,3-6H2,1-2H3,(H2,11,13). The number of nitrogens with two attached hydrogens (primary N) is 1. The van der Waals surface area contributed by atoms with Gasteiger partial charge in [-0.2, -0.15) is 11.8 Å². The summed E-state index contributed by atoms with van der Waals surface area (Å²) in [5.74, 6) is -0.264. The van der Waals surface area contributed by atoms with Crippen molar-refractivity contribution in [2.75, 3.05) is 12.8 Å². The molecule has 0 saturated heterocycles. The van der Waals surface area contributed by atoms with E-state index < -0.39 is 0 Å². The summed E-state index contributed by atoms with van der Waals surface area (Å²) in [5.41, 5.74) is 5.19. The maximum atomic E-state index is 10.8. The van der Waals surface area contributed by atoms with Gasteiger partial charge in [-0.05, 0) is 25.5 Å². The number of amides is 1. The van der Waals surface area contributed by atoms with Crippen molar-refractivity contribution < 1.29 is 4.79 Å². The van der Waals surface area contributed by atoms with Gasteiger partial charge in [0.2, 0.25) is 5.91 Å². The number of primary amides is 1. The summed E-state index contributed by atoms with van der Waals surface area (Å²) in [7, 11) is 0. The van der Waals surface area contributed by atoms with Crippen molar-refractivity contribution >= 4 is 17.7 Å². The van der Waals surface area contributed by atoms with Gasteiger partial charge in [0, 0.05) is 23.8 Å². The molecule has 1 amide bonds. The van der Waals surface area contributed by atoms with Gasteiger partial charge >= 0.3 is 0 Å². The summed E-state index contributed by atoms with van der Waals surface area (Å²) in [5, 5.41) is 4.22. The molecular formula is C10H20N2OS. The van der Waals surface area contributed by atoms with Gasteiger partial charge in [-0.3, -0.25) is 4.79 Å². The molecule has 0 aliphatic heterocycles. The summed E-state index contributed by atoms with van der Waals surface area (Å²) in [6.45, 7) is 2.59. The highest BCUT2D eigenvalue weighted by Crippen LogP contribution is 2.28. The maximum absolute atomic E-state index is 10.8. The SMILES string of the molecule is CSC1CCC(NCC(C)C(N)=O)C1. The molecule has 3 atom stereocenters. The van der Waals surface area contributed by atoms with E-state index in [1.807, 2.05) is 18.7 Å². The van der Waals surface area contributed by atoms with Crippen molar-refractivity contribution in [3.05, 3.63) is 0 Å². The predicted octanol–water partition coefficient (Wildman–Crippen LogP) is 0.982. The van der Waals surface area contributed by atoms with E-state index in [2.05, 4.69) is 11.6 Å². The number of hydrogen-bond donors (Lipinski definition) is 2. The molecule has 1 rings (SSSR count). The summed E-state index contributed by atoms with van der Waals surface area (Å²) in [4.78, 5) is 10.8. The molecule has 1 aliphatic rings. The average molecular weight is 216 g/mol. The molecule has 4 heteroatoms. The Labute approximate surface area is 90.2 Å². The topological polar surface area (TPSA) is 55.1 Å².